The van der Waals surface area contributed by atoms with Crippen LogP contribution in [0.1, 0.15) is 5.56 Å². The summed E-state index contributed by atoms with van der Waals surface area (Å²) in [6.07, 6.45) is 1.75. The minimum atomic E-state index is -0.269. The fourth-order valence-electron chi connectivity index (χ4n) is 4.23. The minimum Gasteiger partial charge on any atom is -0.633 e. The van der Waals surface area contributed by atoms with Crippen LogP contribution in [0.5, 0.6) is 0 Å². The van der Waals surface area contributed by atoms with Crippen molar-refractivity contribution in [2.24, 2.45) is 0 Å². The molecule has 4 aromatic rings. The van der Waals surface area contributed by atoms with E-state index in [0.29, 0.717) is 49.0 Å². The highest BCUT2D eigenvalue weighted by Gasteiger charge is 2.27. The SMILES string of the molecule is C[N+]1([O-])CCN(c2nc3c(-c4ccc(-c5ccccc5)cc4)cnn3c(N)c2CO)CC1. The molecule has 2 aromatic carbocycles. The molecule has 32 heavy (non-hydrogen) atoms. The van der Waals surface area contributed by atoms with Gasteiger partial charge >= 0.3 is 0 Å². The Bertz CT molecular complexity index is 1240. The number of aromatic nitrogens is 3. The van der Waals surface area contributed by atoms with Crippen LogP contribution < -0.4 is 10.6 Å². The van der Waals surface area contributed by atoms with Gasteiger partial charge in [0.2, 0.25) is 0 Å². The largest absolute Gasteiger partial charge is 0.633 e. The van der Waals surface area contributed by atoms with Crippen molar-refractivity contribution >= 4 is 17.3 Å². The smallest absolute Gasteiger partial charge is 0.167 e. The molecule has 0 radical (unpaired) electrons. The van der Waals surface area contributed by atoms with Gasteiger partial charge < -0.3 is 25.6 Å². The summed E-state index contributed by atoms with van der Waals surface area (Å²) in [5, 5.41) is 26.7. The molecule has 0 saturated carbocycles. The third-order valence-corrected chi connectivity index (χ3v) is 6.21. The Morgan fingerprint density at radius 2 is 1.62 bits per heavy atom. The summed E-state index contributed by atoms with van der Waals surface area (Å²) < 4.78 is 1.31. The Labute approximate surface area is 186 Å². The maximum absolute atomic E-state index is 12.3. The number of nitrogen functional groups attached to an aromatic ring is 1. The first-order valence-electron chi connectivity index (χ1n) is 10.7. The number of piperazine rings is 1. The van der Waals surface area contributed by atoms with Crippen LogP contribution in [0.25, 0.3) is 27.9 Å². The van der Waals surface area contributed by atoms with E-state index in [9.17, 15) is 10.3 Å². The maximum Gasteiger partial charge on any atom is 0.167 e. The average Bonchev–Trinajstić information content (AvgIpc) is 3.24. The van der Waals surface area contributed by atoms with Crippen LogP contribution in [0.2, 0.25) is 0 Å². The summed E-state index contributed by atoms with van der Waals surface area (Å²) in [6, 6.07) is 18.5. The third kappa shape index (κ3) is 3.58. The summed E-state index contributed by atoms with van der Waals surface area (Å²) in [7, 11) is 1.68. The van der Waals surface area contributed by atoms with Gasteiger partial charge in [0, 0.05) is 5.56 Å². The van der Waals surface area contributed by atoms with Crippen molar-refractivity contribution in [1.29, 1.82) is 0 Å². The molecule has 3 heterocycles. The van der Waals surface area contributed by atoms with Crippen LogP contribution >= 0.6 is 0 Å². The lowest BCUT2D eigenvalue weighted by Crippen LogP contribution is -2.54. The molecule has 1 aliphatic heterocycles. The molecule has 5 rings (SSSR count). The van der Waals surface area contributed by atoms with Crippen molar-refractivity contribution in [3.63, 3.8) is 0 Å². The molecule has 0 bridgehead atoms. The molecule has 1 fully saturated rings. The summed E-state index contributed by atoms with van der Waals surface area (Å²) in [6.45, 7) is 1.80. The molecule has 0 aliphatic carbocycles. The van der Waals surface area contributed by atoms with E-state index in [1.807, 2.05) is 23.1 Å². The van der Waals surface area contributed by atoms with Crippen LogP contribution in [0.15, 0.2) is 60.8 Å². The molecule has 1 aliphatic rings. The number of hydrogen-bond acceptors (Lipinski definition) is 6. The molecule has 8 nitrogen and oxygen atoms in total. The zero-order chi connectivity index (χ0) is 22.3. The fourth-order valence-corrected chi connectivity index (χ4v) is 4.23. The Morgan fingerprint density at radius 3 is 2.28 bits per heavy atom. The highest BCUT2D eigenvalue weighted by molar-refractivity contribution is 5.81. The fraction of sp³-hybridized carbons (Fsp3) is 0.250. The van der Waals surface area contributed by atoms with Gasteiger partial charge in [0.25, 0.3) is 0 Å². The van der Waals surface area contributed by atoms with Gasteiger partial charge in [-0.15, -0.1) is 0 Å². The van der Waals surface area contributed by atoms with Crippen LogP contribution in [-0.2, 0) is 6.61 Å². The number of anilines is 2. The van der Waals surface area contributed by atoms with Crippen LogP contribution in [-0.4, -0.2) is 57.6 Å². The van der Waals surface area contributed by atoms with Gasteiger partial charge in [-0.3, -0.25) is 0 Å². The predicted molar refractivity (Wildman–Crippen MR) is 126 cm³/mol. The van der Waals surface area contributed by atoms with E-state index in [-0.39, 0.29) is 11.3 Å². The molecule has 8 heteroatoms. The van der Waals surface area contributed by atoms with E-state index < -0.39 is 0 Å². The average molecular weight is 431 g/mol. The zero-order valence-corrected chi connectivity index (χ0v) is 18.0. The standard InChI is InChI=1S/C24H26N6O2/c1-30(32)13-11-28(12-14-30)23-21(16-31)22(25)29-24(27-23)20(15-26-29)19-9-7-18(8-10-19)17-5-3-2-4-6-17/h2-10,15,31H,11-14,16,25H2,1H3. The number of fused-ring (bicyclic) bond motifs is 1. The number of nitrogens with two attached hydrogens (primary N) is 1. The number of quaternary nitrogens is 1. The van der Waals surface area contributed by atoms with E-state index in [1.165, 1.54) is 0 Å². The van der Waals surface area contributed by atoms with Gasteiger partial charge in [0.05, 0.1) is 51.6 Å². The highest BCUT2D eigenvalue weighted by Crippen LogP contribution is 2.32. The molecule has 1 saturated heterocycles. The molecule has 0 unspecified atom stereocenters. The lowest BCUT2D eigenvalue weighted by molar-refractivity contribution is -0.861. The second-order valence-electron chi connectivity index (χ2n) is 8.43. The van der Waals surface area contributed by atoms with Crippen molar-refractivity contribution in [2.75, 3.05) is 43.9 Å². The van der Waals surface area contributed by atoms with Crippen molar-refractivity contribution in [2.45, 2.75) is 6.61 Å². The number of aliphatic hydroxyl groups excluding tert-OH is 1. The summed E-state index contributed by atoms with van der Waals surface area (Å²) >= 11 is 0. The Kier molecular flexibility index (Phi) is 5.05. The molecule has 3 N–H and O–H groups in total. The highest BCUT2D eigenvalue weighted by atomic mass is 16.5. The number of hydroxylamine groups is 3. The minimum absolute atomic E-state index is 0.245. The van der Waals surface area contributed by atoms with Gasteiger partial charge in [0.1, 0.15) is 11.6 Å². The number of aliphatic hydroxyl groups is 1. The van der Waals surface area contributed by atoms with Crippen molar-refractivity contribution in [1.82, 2.24) is 14.6 Å². The first kappa shape index (κ1) is 20.4. The summed E-state index contributed by atoms with van der Waals surface area (Å²) in [5.41, 5.74) is 11.7. The first-order valence-corrected chi connectivity index (χ1v) is 10.7. The van der Waals surface area contributed by atoms with Gasteiger partial charge in [-0.25, -0.2) is 4.98 Å². The normalized spacial score (nSPS) is 15.9. The maximum atomic E-state index is 12.3. The first-order chi connectivity index (χ1) is 15.5. The molecule has 2 aromatic heterocycles. The Morgan fingerprint density at radius 1 is 1.00 bits per heavy atom. The predicted octanol–water partition coefficient (Wildman–Crippen LogP) is 2.90. The lowest BCUT2D eigenvalue weighted by atomic mass is 10.0. The summed E-state index contributed by atoms with van der Waals surface area (Å²) in [4.78, 5) is 6.91. The van der Waals surface area contributed by atoms with Gasteiger partial charge in [-0.2, -0.15) is 9.61 Å². The third-order valence-electron chi connectivity index (χ3n) is 6.21. The van der Waals surface area contributed by atoms with Crippen molar-refractivity contribution in [3.8, 4) is 22.3 Å². The molecule has 0 atom stereocenters. The van der Waals surface area contributed by atoms with Gasteiger partial charge in [-0.05, 0) is 16.7 Å². The topological polar surface area (TPSA) is 103 Å². The number of rotatable bonds is 4. The number of hydrogen-bond donors (Lipinski definition) is 2. The van der Waals surface area contributed by atoms with Crippen LogP contribution in [0, 0.1) is 5.21 Å². The number of benzene rings is 2. The van der Waals surface area contributed by atoms with E-state index >= 15 is 0 Å². The lowest BCUT2D eigenvalue weighted by Gasteiger charge is -2.45. The number of nitrogens with zero attached hydrogens (tertiary/aromatic N) is 5. The van der Waals surface area contributed by atoms with E-state index in [4.69, 9.17) is 10.7 Å². The zero-order valence-electron chi connectivity index (χ0n) is 18.0. The summed E-state index contributed by atoms with van der Waals surface area (Å²) in [5.74, 6) is 0.990. The van der Waals surface area contributed by atoms with Crippen LogP contribution in [0.4, 0.5) is 11.6 Å². The molecular formula is C24H26N6O2. The van der Waals surface area contributed by atoms with E-state index in [2.05, 4.69) is 41.5 Å². The second-order valence-corrected chi connectivity index (χ2v) is 8.43. The monoisotopic (exact) mass is 430 g/mol. The molecular weight excluding hydrogens is 404 g/mol. The molecule has 0 spiro atoms. The number of likely N-dealkylation sites (N-methyl/N-ethyl adjacent to an activating group) is 1. The Balaban J connectivity index is 1.56. The van der Waals surface area contributed by atoms with Crippen molar-refractivity contribution in [3.05, 3.63) is 71.6 Å². The molecule has 164 valence electrons. The molecule has 0 amide bonds. The van der Waals surface area contributed by atoms with E-state index in [0.717, 1.165) is 22.3 Å². The quantitative estimate of drug-likeness (QED) is 0.381. The van der Waals surface area contributed by atoms with E-state index in [1.54, 1.807) is 17.8 Å². The Hall–Kier alpha value is -3.46. The second kappa shape index (κ2) is 7.90. The van der Waals surface area contributed by atoms with Gasteiger partial charge in [0.15, 0.2) is 5.65 Å². The van der Waals surface area contributed by atoms with Crippen LogP contribution in [0.3, 0.4) is 0 Å². The van der Waals surface area contributed by atoms with Crippen molar-refractivity contribution < 1.29 is 9.75 Å². The van der Waals surface area contributed by atoms with Gasteiger partial charge in [-0.1, -0.05) is 54.6 Å².